The van der Waals surface area contributed by atoms with E-state index in [4.69, 9.17) is 0 Å². The van der Waals surface area contributed by atoms with E-state index in [1.165, 1.54) is 0 Å². The number of nitrogens with zero attached hydrogens (tertiary/aromatic N) is 2. The van der Waals surface area contributed by atoms with Crippen LogP contribution in [0.25, 0.3) is 0 Å². The predicted octanol–water partition coefficient (Wildman–Crippen LogP) is 1.72. The van der Waals surface area contributed by atoms with E-state index >= 15 is 0 Å². The Morgan fingerprint density at radius 3 is 2.61 bits per heavy atom. The molecule has 0 aliphatic carbocycles. The molecule has 0 saturated heterocycles. The first kappa shape index (κ1) is 12.2. The summed E-state index contributed by atoms with van der Waals surface area (Å²) in [6.45, 7) is 0.682. The van der Waals surface area contributed by atoms with Crippen LogP contribution in [0.5, 0.6) is 0 Å². The van der Waals surface area contributed by atoms with Gasteiger partial charge in [-0.15, -0.1) is 0 Å². The molecule has 2 N–H and O–H groups in total. The zero-order valence-corrected chi connectivity index (χ0v) is 10.5. The molecule has 2 aromatic rings. The summed E-state index contributed by atoms with van der Waals surface area (Å²) in [5.74, 6) is 0.00937. The maximum atomic E-state index is 11.7. The van der Waals surface area contributed by atoms with E-state index in [1.54, 1.807) is 31.5 Å². The number of rotatable bonds is 4. The smallest absolute Gasteiger partial charge is 0.253 e. The molecule has 1 heterocycles. The lowest BCUT2D eigenvalue weighted by molar-refractivity contribution is 0.0827. The van der Waals surface area contributed by atoms with E-state index in [2.05, 4.69) is 15.3 Å². The summed E-state index contributed by atoms with van der Waals surface area (Å²) in [4.78, 5) is 20.2. The Morgan fingerprint density at radius 1 is 1.33 bits per heavy atom. The Hall–Kier alpha value is -2.30. The van der Waals surface area contributed by atoms with Crippen LogP contribution in [0.4, 0.5) is 5.69 Å². The minimum absolute atomic E-state index is 0.00937. The summed E-state index contributed by atoms with van der Waals surface area (Å²) in [7, 11) is 3.49. The fourth-order valence-corrected chi connectivity index (χ4v) is 1.57. The largest absolute Gasteiger partial charge is 0.379 e. The molecule has 0 spiro atoms. The van der Waals surface area contributed by atoms with E-state index < -0.39 is 0 Å². The van der Waals surface area contributed by atoms with Crippen molar-refractivity contribution in [3.8, 4) is 0 Å². The van der Waals surface area contributed by atoms with Gasteiger partial charge in [0.2, 0.25) is 0 Å². The van der Waals surface area contributed by atoms with E-state index in [0.29, 0.717) is 12.1 Å². The number of carbonyl (C=O) groups excluding carboxylic acids is 1. The quantitative estimate of drug-likeness (QED) is 0.861. The zero-order valence-electron chi connectivity index (χ0n) is 10.5. The van der Waals surface area contributed by atoms with E-state index in [-0.39, 0.29) is 5.91 Å². The molecule has 18 heavy (non-hydrogen) atoms. The third-order valence-corrected chi connectivity index (χ3v) is 2.58. The minimum Gasteiger partial charge on any atom is -0.379 e. The molecule has 0 fully saturated rings. The Balaban J connectivity index is 1.97. The maximum Gasteiger partial charge on any atom is 0.253 e. The third-order valence-electron chi connectivity index (χ3n) is 2.58. The van der Waals surface area contributed by atoms with Gasteiger partial charge in [0, 0.05) is 31.5 Å². The topological polar surface area (TPSA) is 61.0 Å². The summed E-state index contributed by atoms with van der Waals surface area (Å²) in [5.41, 5.74) is 2.68. The Morgan fingerprint density at radius 2 is 2.06 bits per heavy atom. The van der Waals surface area contributed by atoms with Gasteiger partial charge in [0.25, 0.3) is 5.91 Å². The van der Waals surface area contributed by atoms with Crippen molar-refractivity contribution >= 4 is 11.6 Å². The van der Waals surface area contributed by atoms with Crippen LogP contribution in [0, 0.1) is 0 Å². The van der Waals surface area contributed by atoms with Gasteiger partial charge >= 0.3 is 0 Å². The fourth-order valence-electron chi connectivity index (χ4n) is 1.57. The first-order valence-electron chi connectivity index (χ1n) is 5.69. The average Bonchev–Trinajstić information content (AvgIpc) is 2.89. The first-order valence-corrected chi connectivity index (χ1v) is 5.69. The Bertz CT molecular complexity index is 502. The van der Waals surface area contributed by atoms with Gasteiger partial charge in [-0.3, -0.25) is 4.79 Å². The molecule has 5 heteroatoms. The highest BCUT2D eigenvalue weighted by Gasteiger charge is 2.06. The molecule has 1 amide bonds. The number of benzene rings is 1. The highest BCUT2D eigenvalue weighted by molar-refractivity contribution is 5.94. The van der Waals surface area contributed by atoms with Gasteiger partial charge in [0.1, 0.15) is 0 Å². The first-order chi connectivity index (χ1) is 8.66. The summed E-state index contributed by atoms with van der Waals surface area (Å²) in [5, 5.41) is 3.25. The number of H-pyrrole nitrogens is 1. The van der Waals surface area contributed by atoms with Gasteiger partial charge in [-0.1, -0.05) is 0 Å². The molecular formula is C13H16N4O. The molecule has 0 bridgehead atoms. The highest BCUT2D eigenvalue weighted by Crippen LogP contribution is 2.11. The number of aromatic amines is 1. The van der Waals surface area contributed by atoms with E-state index in [1.807, 2.05) is 24.3 Å². The van der Waals surface area contributed by atoms with E-state index in [9.17, 15) is 4.79 Å². The van der Waals surface area contributed by atoms with Crippen molar-refractivity contribution in [2.45, 2.75) is 6.54 Å². The van der Waals surface area contributed by atoms with Gasteiger partial charge in [-0.25, -0.2) is 4.98 Å². The lowest BCUT2D eigenvalue weighted by Crippen LogP contribution is -2.21. The normalized spacial score (nSPS) is 10.1. The molecule has 2 rings (SSSR count). The van der Waals surface area contributed by atoms with Crippen molar-refractivity contribution in [2.75, 3.05) is 19.4 Å². The highest BCUT2D eigenvalue weighted by atomic mass is 16.2. The van der Waals surface area contributed by atoms with Crippen LogP contribution in [0.15, 0.2) is 36.8 Å². The van der Waals surface area contributed by atoms with Crippen molar-refractivity contribution in [2.24, 2.45) is 0 Å². The molecule has 0 unspecified atom stereocenters. The lowest BCUT2D eigenvalue weighted by atomic mass is 10.2. The van der Waals surface area contributed by atoms with Crippen LogP contribution < -0.4 is 5.32 Å². The summed E-state index contributed by atoms with van der Waals surface area (Å²) >= 11 is 0. The molecular weight excluding hydrogens is 228 g/mol. The predicted molar refractivity (Wildman–Crippen MR) is 70.4 cm³/mol. The van der Waals surface area contributed by atoms with Crippen LogP contribution in [-0.2, 0) is 6.54 Å². The maximum absolute atomic E-state index is 11.7. The number of imidazole rings is 1. The number of hydrogen-bond donors (Lipinski definition) is 2. The van der Waals surface area contributed by atoms with Crippen molar-refractivity contribution < 1.29 is 4.79 Å². The molecule has 0 saturated carbocycles. The lowest BCUT2D eigenvalue weighted by Gasteiger charge is -2.11. The second-order valence-corrected chi connectivity index (χ2v) is 4.21. The molecule has 5 nitrogen and oxygen atoms in total. The van der Waals surface area contributed by atoms with Crippen LogP contribution in [-0.4, -0.2) is 34.9 Å². The average molecular weight is 244 g/mol. The molecule has 1 aromatic heterocycles. The second-order valence-electron chi connectivity index (χ2n) is 4.21. The van der Waals surface area contributed by atoms with Crippen LogP contribution >= 0.6 is 0 Å². The van der Waals surface area contributed by atoms with Gasteiger partial charge in [0.05, 0.1) is 18.6 Å². The van der Waals surface area contributed by atoms with Crippen molar-refractivity contribution in [3.05, 3.63) is 48.0 Å². The summed E-state index contributed by atoms with van der Waals surface area (Å²) < 4.78 is 0. The van der Waals surface area contributed by atoms with Gasteiger partial charge in [-0.2, -0.15) is 0 Å². The zero-order chi connectivity index (χ0) is 13.0. The minimum atomic E-state index is 0.00937. The number of aromatic nitrogens is 2. The summed E-state index contributed by atoms with van der Waals surface area (Å²) in [6, 6.07) is 7.43. The molecule has 0 atom stereocenters. The SMILES string of the molecule is CN(C)C(=O)c1ccc(NCc2cnc[nH]2)cc1. The van der Waals surface area contributed by atoms with Gasteiger partial charge in [0.15, 0.2) is 0 Å². The van der Waals surface area contributed by atoms with Gasteiger partial charge in [-0.05, 0) is 24.3 Å². The fraction of sp³-hybridized carbons (Fsp3) is 0.231. The number of hydrogen-bond acceptors (Lipinski definition) is 3. The standard InChI is InChI=1S/C13H16N4O/c1-17(2)13(18)10-3-5-11(6-4-10)15-8-12-7-14-9-16-12/h3-7,9,15H,8H2,1-2H3,(H,14,16). The van der Waals surface area contributed by atoms with Crippen molar-refractivity contribution in [3.63, 3.8) is 0 Å². The Labute approximate surface area is 106 Å². The second kappa shape index (κ2) is 5.35. The van der Waals surface area contributed by atoms with Crippen LogP contribution in [0.2, 0.25) is 0 Å². The third kappa shape index (κ3) is 2.88. The van der Waals surface area contributed by atoms with Crippen LogP contribution in [0.1, 0.15) is 16.1 Å². The van der Waals surface area contributed by atoms with Crippen molar-refractivity contribution in [1.82, 2.24) is 14.9 Å². The van der Waals surface area contributed by atoms with Crippen molar-refractivity contribution in [1.29, 1.82) is 0 Å². The molecule has 0 radical (unpaired) electrons. The number of anilines is 1. The Kier molecular flexibility index (Phi) is 3.62. The number of nitrogens with one attached hydrogen (secondary N) is 2. The monoisotopic (exact) mass is 244 g/mol. The van der Waals surface area contributed by atoms with E-state index in [0.717, 1.165) is 11.4 Å². The van der Waals surface area contributed by atoms with Crippen LogP contribution in [0.3, 0.4) is 0 Å². The molecule has 0 aliphatic rings. The molecule has 1 aromatic carbocycles. The molecule has 94 valence electrons. The summed E-state index contributed by atoms with van der Waals surface area (Å²) in [6.07, 6.45) is 3.42. The van der Waals surface area contributed by atoms with Gasteiger partial charge < -0.3 is 15.2 Å². The molecule has 0 aliphatic heterocycles. The number of carbonyl (C=O) groups is 1. The number of amides is 1.